The van der Waals surface area contributed by atoms with Crippen LogP contribution in [0.4, 0.5) is 19.1 Å². The molecule has 3 aliphatic heterocycles. The number of halogens is 2. The molecule has 3 aliphatic rings. The van der Waals surface area contributed by atoms with Gasteiger partial charge in [0, 0.05) is 74.4 Å². The molecule has 4 amide bonds. The van der Waals surface area contributed by atoms with Crippen LogP contribution in [0.1, 0.15) is 84.5 Å². The van der Waals surface area contributed by atoms with E-state index < -0.39 is 75.4 Å². The average Bonchev–Trinajstić information content (AvgIpc) is 1.89. The third-order valence-corrected chi connectivity index (χ3v) is 15.1. The summed E-state index contributed by atoms with van der Waals surface area (Å²) in [5.41, 5.74) is 3.55. The van der Waals surface area contributed by atoms with E-state index in [-0.39, 0.29) is 80.7 Å². The lowest BCUT2D eigenvalue weighted by molar-refractivity contribution is -0.870. The molecule has 440 valence electrons. The Morgan fingerprint density at radius 2 is 1.71 bits per heavy atom. The van der Waals surface area contributed by atoms with Gasteiger partial charge in [-0.2, -0.15) is 0 Å². The van der Waals surface area contributed by atoms with Crippen LogP contribution in [0.2, 0.25) is 0 Å². The molecule has 1 saturated heterocycles. The Kier molecular flexibility index (Phi) is 19.9. The predicted octanol–water partition coefficient (Wildman–Crippen LogP) is 6.04. The molecular weight excluding hydrogens is 1110 g/mol. The topological polar surface area (TPSA) is 270 Å². The highest BCUT2D eigenvalue weighted by atomic mass is 32.2. The van der Waals surface area contributed by atoms with Gasteiger partial charge in [-0.15, -0.1) is 11.3 Å². The summed E-state index contributed by atoms with van der Waals surface area (Å²) in [7, 11) is 4.30. The molecule has 2 N–H and O–H groups in total. The Balaban J connectivity index is 0.860. The van der Waals surface area contributed by atoms with Crippen LogP contribution in [-0.4, -0.2) is 170 Å². The number of imide groups is 1. The molecule has 7 rings (SSSR count). The number of carbonyl (C=O) groups is 5. The number of nitro groups is 1. The fourth-order valence-electron chi connectivity index (χ4n) is 9.38. The molecule has 0 bridgehead atoms. The summed E-state index contributed by atoms with van der Waals surface area (Å²) >= 11 is 1.43. The number of quaternary nitrogens is 1. The second kappa shape index (κ2) is 26.4. The number of fused-ring (bicyclic) bond motifs is 2. The van der Waals surface area contributed by atoms with Crippen molar-refractivity contribution in [3.63, 3.8) is 0 Å². The van der Waals surface area contributed by atoms with Gasteiger partial charge < -0.3 is 61.1 Å². The van der Waals surface area contributed by atoms with E-state index >= 15 is 8.63 Å². The first-order chi connectivity index (χ1) is 38.7. The molecule has 2 aromatic carbocycles. The zero-order chi connectivity index (χ0) is 59.7. The van der Waals surface area contributed by atoms with Crippen molar-refractivity contribution in [2.45, 2.75) is 64.5 Å². The number of amides is 4. The van der Waals surface area contributed by atoms with Crippen LogP contribution >= 0.6 is 11.3 Å². The fourth-order valence-corrected chi connectivity index (χ4v) is 10.8. The van der Waals surface area contributed by atoms with Gasteiger partial charge in [0.2, 0.25) is 11.8 Å². The Labute approximate surface area is 476 Å². The second-order valence-corrected chi connectivity index (χ2v) is 23.2. The molecule has 23 nitrogen and oxygen atoms in total. The summed E-state index contributed by atoms with van der Waals surface area (Å²) in [6.07, 6.45) is 5.65. The van der Waals surface area contributed by atoms with Crippen molar-refractivity contribution >= 4 is 87.8 Å². The third kappa shape index (κ3) is 15.8. The predicted molar refractivity (Wildman–Crippen MR) is 299 cm³/mol. The van der Waals surface area contributed by atoms with E-state index in [1.165, 1.54) is 35.9 Å². The van der Waals surface area contributed by atoms with Crippen LogP contribution in [0.3, 0.4) is 0 Å². The molecule has 1 fully saturated rings. The maximum atomic E-state index is 17.0. The van der Waals surface area contributed by atoms with Crippen LogP contribution in [0.5, 0.6) is 17.2 Å². The van der Waals surface area contributed by atoms with Crippen LogP contribution in [-0.2, 0) is 38.9 Å². The maximum absolute atomic E-state index is 17.0. The number of ether oxygens (including phenoxy) is 4. The minimum absolute atomic E-state index is 0.0337. The third-order valence-electron chi connectivity index (χ3n) is 13.5. The zero-order valence-corrected chi connectivity index (χ0v) is 48.0. The van der Waals surface area contributed by atoms with Gasteiger partial charge in [0.25, 0.3) is 17.5 Å². The first kappa shape index (κ1) is 61.8. The van der Waals surface area contributed by atoms with Crippen molar-refractivity contribution < 1.29 is 83.3 Å². The molecule has 5 heterocycles. The van der Waals surface area contributed by atoms with E-state index in [4.69, 9.17) is 23.8 Å². The number of benzene rings is 2. The smallest absolute Gasteiger partial charge is 0.737 e. The largest absolute Gasteiger partial charge is 0.748 e. The highest BCUT2D eigenvalue weighted by Crippen LogP contribution is 2.41. The van der Waals surface area contributed by atoms with Gasteiger partial charge in [0.15, 0.2) is 22.9 Å². The van der Waals surface area contributed by atoms with Crippen molar-refractivity contribution in [3.05, 3.63) is 120 Å². The van der Waals surface area contributed by atoms with Gasteiger partial charge in [-0.25, -0.2) is 13.2 Å². The van der Waals surface area contributed by atoms with E-state index in [0.29, 0.717) is 40.5 Å². The number of allylic oxidation sites excluding steroid dienone is 2. The molecule has 0 spiro atoms. The number of nitrogens with one attached hydrogen (secondary N) is 2. The van der Waals surface area contributed by atoms with E-state index in [1.54, 1.807) is 54.4 Å². The van der Waals surface area contributed by atoms with Gasteiger partial charge in [0.1, 0.15) is 24.5 Å². The molecule has 2 aromatic heterocycles. The quantitative estimate of drug-likeness (QED) is 0.00958. The van der Waals surface area contributed by atoms with Crippen molar-refractivity contribution in [1.82, 2.24) is 25.1 Å². The number of aryl methyl sites for hydroxylation is 1. The number of nitro benzene ring substituents is 1. The zero-order valence-electron chi connectivity index (χ0n) is 46.4. The van der Waals surface area contributed by atoms with E-state index in [1.807, 2.05) is 36.6 Å². The van der Waals surface area contributed by atoms with Gasteiger partial charge in [-0.3, -0.25) is 34.1 Å². The molecule has 0 aliphatic carbocycles. The van der Waals surface area contributed by atoms with Crippen molar-refractivity contribution in [2.24, 2.45) is 0 Å². The first-order valence-electron chi connectivity index (χ1n) is 26.2. The number of carbonyl (C=O) groups excluding carboxylic acids is 5. The van der Waals surface area contributed by atoms with Crippen LogP contribution in [0.15, 0.2) is 77.3 Å². The Morgan fingerprint density at radius 3 is 2.35 bits per heavy atom. The summed E-state index contributed by atoms with van der Waals surface area (Å²) < 4.78 is 94.5. The number of methoxy groups -OCH3 is 1. The van der Waals surface area contributed by atoms with Crippen LogP contribution < -0.4 is 24.8 Å². The number of hydrogen-bond donors (Lipinski definition) is 2. The van der Waals surface area contributed by atoms with Gasteiger partial charge in [-0.05, 0) is 86.7 Å². The summed E-state index contributed by atoms with van der Waals surface area (Å²) in [5.74, 6) is -3.87. The molecular formula is C54H65BF2N8O15S2. The molecule has 0 radical (unpaired) electrons. The molecule has 0 saturated carbocycles. The Morgan fingerprint density at radius 1 is 0.988 bits per heavy atom. The Bertz CT molecular complexity index is 3310. The highest BCUT2D eigenvalue weighted by molar-refractivity contribution is 7.85. The molecule has 28 heteroatoms. The molecule has 2 unspecified atom stereocenters. The van der Waals surface area contributed by atoms with Crippen molar-refractivity contribution in [1.29, 1.82) is 0 Å². The summed E-state index contributed by atoms with van der Waals surface area (Å²) in [6, 6.07) is 13.0. The molecule has 82 heavy (non-hydrogen) atoms. The molecule has 4 aromatic rings. The lowest BCUT2D eigenvalue weighted by Gasteiger charge is -2.31. The monoisotopic (exact) mass is 1180 g/mol. The lowest BCUT2D eigenvalue weighted by Crippen LogP contribution is -2.51. The molecule has 2 atom stereocenters. The van der Waals surface area contributed by atoms with E-state index in [2.05, 4.69) is 31.8 Å². The number of rotatable bonds is 28. The SMILES string of the molecule is COc1cc(C(C)OC(=O)ON2C(=O)CCC2=O)c([N+](=O)[O-])cc1OCCN(C)CCNC(=O)C(CS(=O)(=O)[O-])NC(=O)CCCOc1ccc(/C=C/c2cc(C)c3n2[B-](F)(F)[N+]2=C(c4cccs4)C=C(CCC[N+](C)(C)C)C2=C3)cc1. The maximum Gasteiger partial charge on any atom is 0.737 e. The van der Waals surface area contributed by atoms with Crippen molar-refractivity contribution in [3.8, 4) is 17.2 Å². The number of thiophene rings is 1. The Hall–Kier alpha value is -7.79. The van der Waals surface area contributed by atoms with Crippen molar-refractivity contribution in [2.75, 3.05) is 80.4 Å². The van der Waals surface area contributed by atoms with Crippen LogP contribution in [0, 0.1) is 17.0 Å². The summed E-state index contributed by atoms with van der Waals surface area (Å²) in [4.78, 5) is 80.3. The average molecular weight is 1180 g/mol. The van der Waals surface area contributed by atoms with Crippen LogP contribution in [0.25, 0.3) is 18.2 Å². The van der Waals surface area contributed by atoms with E-state index in [0.717, 1.165) is 44.0 Å². The number of likely N-dealkylation sites (N-methyl/N-ethyl adjacent to an activating group) is 1. The minimum atomic E-state index is -4.97. The lowest BCUT2D eigenvalue weighted by atomic mass is 9.88. The standard InChI is InChI=1S/C54H65BF2N8O15S2/c1-35-29-39(61-43(35)32-44-38(11-8-25-65(4,5)6)30-46(49-12-10-28-81-49)62(44)55(61,56)57)17-14-37-15-18-40(19-16-37)77-26-9-13-50(66)59-42(34-82(73,74)75)53(69)58-22-23-60(3)24-27-78-48-33-45(64(71)72)41(31-47(48)76-7)36(2)79-54(70)80-63-51(67)20-21-52(63)68/h10,12,14-19,28-33,36,42H,8-9,11,13,20-27,34H2,1-7H3,(H2-,58,59,66,69,73,74,75)/b17-14+. The normalized spacial score (nSPS) is 15.7. The fraction of sp³-hybridized carbons (Fsp3) is 0.407. The second-order valence-electron chi connectivity index (χ2n) is 20.8. The number of hydrogen-bond acceptors (Lipinski definition) is 17. The summed E-state index contributed by atoms with van der Waals surface area (Å²) in [6.45, 7) is 0.0636. The first-order valence-corrected chi connectivity index (χ1v) is 28.7. The minimum Gasteiger partial charge on any atom is -0.748 e. The van der Waals surface area contributed by atoms with Gasteiger partial charge in [0.05, 0.1) is 78.7 Å². The van der Waals surface area contributed by atoms with Gasteiger partial charge >= 0.3 is 13.1 Å². The number of hydroxylamine groups is 2. The number of nitrogens with zero attached hydrogens (tertiary/aromatic N) is 6. The van der Waals surface area contributed by atoms with Gasteiger partial charge in [-0.1, -0.05) is 29.3 Å². The number of aromatic nitrogens is 1. The summed E-state index contributed by atoms with van der Waals surface area (Å²) in [5, 5.41) is 19.0. The highest BCUT2D eigenvalue weighted by Gasteiger charge is 2.54. The van der Waals surface area contributed by atoms with E-state index in [9.17, 15) is 47.1 Å².